The lowest BCUT2D eigenvalue weighted by Gasteiger charge is -2.11. The van der Waals surface area contributed by atoms with Crippen LogP contribution in [0.25, 0.3) is 11.0 Å². The first kappa shape index (κ1) is 16.3. The number of fused-ring (bicyclic) bond motifs is 1. The van der Waals surface area contributed by atoms with Crippen molar-refractivity contribution in [2.45, 2.75) is 11.4 Å². The zero-order valence-electron chi connectivity index (χ0n) is 12.9. The van der Waals surface area contributed by atoms with E-state index in [1.807, 2.05) is 0 Å². The Hall–Kier alpha value is -2.58. The Kier molecular flexibility index (Phi) is 4.41. The summed E-state index contributed by atoms with van der Waals surface area (Å²) in [4.78, 5) is 12.2. The zero-order chi connectivity index (χ0) is 17.2. The van der Waals surface area contributed by atoms with Gasteiger partial charge in [-0.1, -0.05) is 12.1 Å². The number of benzene rings is 1. The van der Waals surface area contributed by atoms with Crippen molar-refractivity contribution in [3.63, 3.8) is 0 Å². The minimum absolute atomic E-state index is 0.0568. The Morgan fingerprint density at radius 3 is 2.79 bits per heavy atom. The molecule has 0 aliphatic carbocycles. The zero-order valence-corrected chi connectivity index (χ0v) is 13.7. The molecule has 0 saturated heterocycles. The van der Waals surface area contributed by atoms with Crippen LogP contribution in [0.5, 0.6) is 5.75 Å². The van der Waals surface area contributed by atoms with Crippen LogP contribution in [-0.2, 0) is 16.6 Å². The largest absolute Gasteiger partial charge is 0.495 e. The van der Waals surface area contributed by atoms with Gasteiger partial charge in [-0.25, -0.2) is 13.1 Å². The minimum Gasteiger partial charge on any atom is -0.495 e. The third-order valence-electron chi connectivity index (χ3n) is 3.59. The molecule has 3 aromatic rings. The van der Waals surface area contributed by atoms with E-state index in [9.17, 15) is 13.2 Å². The van der Waals surface area contributed by atoms with E-state index in [1.54, 1.807) is 36.5 Å². The Labute approximate surface area is 138 Å². The number of aromatic nitrogens is 1. The molecule has 8 heteroatoms. The Balaban J connectivity index is 1.75. The number of ether oxygens (including phenoxy) is 1. The molecule has 2 heterocycles. The topological polar surface area (TPSA) is 90.5 Å². The summed E-state index contributed by atoms with van der Waals surface area (Å²) < 4.78 is 38.8. The molecule has 0 saturated carbocycles. The van der Waals surface area contributed by atoms with Gasteiger partial charge in [0.15, 0.2) is 5.58 Å². The lowest BCUT2D eigenvalue weighted by molar-refractivity contribution is 0.402. The summed E-state index contributed by atoms with van der Waals surface area (Å²) in [6.07, 6.45) is 3.05. The maximum absolute atomic E-state index is 12.4. The van der Waals surface area contributed by atoms with E-state index >= 15 is 0 Å². The molecule has 0 radical (unpaired) electrons. The quantitative estimate of drug-likeness (QED) is 0.730. The number of rotatable bonds is 6. The number of pyridine rings is 1. The number of furan rings is 1. The Morgan fingerprint density at radius 2 is 2.00 bits per heavy atom. The minimum atomic E-state index is -3.73. The van der Waals surface area contributed by atoms with Gasteiger partial charge in [-0.2, -0.15) is 0 Å². The highest BCUT2D eigenvalue weighted by molar-refractivity contribution is 7.89. The van der Waals surface area contributed by atoms with E-state index < -0.39 is 10.0 Å². The van der Waals surface area contributed by atoms with Crippen LogP contribution >= 0.6 is 0 Å². The monoisotopic (exact) mass is 348 g/mol. The van der Waals surface area contributed by atoms with Crippen molar-refractivity contribution in [3.05, 3.63) is 59.2 Å². The van der Waals surface area contributed by atoms with Crippen molar-refractivity contribution in [1.82, 2.24) is 9.29 Å². The molecular formula is C16H16N2O5S. The molecule has 0 unspecified atom stereocenters. The highest BCUT2D eigenvalue weighted by atomic mass is 32.2. The van der Waals surface area contributed by atoms with E-state index in [0.717, 1.165) is 0 Å². The Morgan fingerprint density at radius 1 is 1.21 bits per heavy atom. The Bertz CT molecular complexity index is 1020. The normalized spacial score (nSPS) is 11.7. The van der Waals surface area contributed by atoms with Crippen molar-refractivity contribution in [2.24, 2.45) is 0 Å². The van der Waals surface area contributed by atoms with Crippen LogP contribution < -0.4 is 15.0 Å². The van der Waals surface area contributed by atoms with Gasteiger partial charge in [0.1, 0.15) is 10.6 Å². The van der Waals surface area contributed by atoms with Gasteiger partial charge in [0.2, 0.25) is 10.0 Å². The first-order valence-corrected chi connectivity index (χ1v) is 8.70. The van der Waals surface area contributed by atoms with E-state index in [2.05, 4.69) is 4.72 Å². The van der Waals surface area contributed by atoms with E-state index in [-0.39, 0.29) is 34.9 Å². The van der Waals surface area contributed by atoms with Gasteiger partial charge < -0.3 is 13.7 Å². The first-order chi connectivity index (χ1) is 11.5. The summed E-state index contributed by atoms with van der Waals surface area (Å²) in [5, 5.41) is 0.714. The van der Waals surface area contributed by atoms with Crippen molar-refractivity contribution in [2.75, 3.05) is 13.7 Å². The van der Waals surface area contributed by atoms with Crippen LogP contribution in [0, 0.1) is 0 Å². The fourth-order valence-corrected chi connectivity index (χ4v) is 3.58. The second-order valence-electron chi connectivity index (χ2n) is 5.07. The number of hydrogen-bond acceptors (Lipinski definition) is 5. The third-order valence-corrected chi connectivity index (χ3v) is 5.09. The molecule has 0 spiro atoms. The van der Waals surface area contributed by atoms with Crippen LogP contribution in [-0.4, -0.2) is 26.6 Å². The van der Waals surface area contributed by atoms with Gasteiger partial charge in [0, 0.05) is 24.7 Å². The van der Waals surface area contributed by atoms with Gasteiger partial charge in [0.05, 0.1) is 13.4 Å². The number of methoxy groups -OCH3 is 1. The second kappa shape index (κ2) is 6.50. The van der Waals surface area contributed by atoms with Gasteiger partial charge in [-0.05, 0) is 24.3 Å². The summed E-state index contributed by atoms with van der Waals surface area (Å²) in [6, 6.07) is 9.79. The summed E-state index contributed by atoms with van der Waals surface area (Å²) in [5.41, 5.74) is -0.0425. The molecule has 126 valence electrons. The molecule has 0 aliphatic heterocycles. The third kappa shape index (κ3) is 3.06. The number of hydrogen-bond donors (Lipinski definition) is 1. The standard InChI is InChI=1S/C16H16N2O5S/c1-22-13-4-2-3-5-14(13)24(20,21)17-8-10-18-9-6-12-7-11-23-15(12)16(18)19/h2-7,9,11,17H,8,10H2,1H3. The van der Waals surface area contributed by atoms with E-state index in [0.29, 0.717) is 5.39 Å². The molecule has 2 aromatic heterocycles. The predicted octanol–water partition coefficient (Wildman–Crippen LogP) is 1.58. The van der Waals surface area contributed by atoms with Crippen molar-refractivity contribution < 1.29 is 17.6 Å². The molecule has 1 N–H and O–H groups in total. The molecule has 3 rings (SSSR count). The van der Waals surface area contributed by atoms with E-state index in [4.69, 9.17) is 9.15 Å². The van der Waals surface area contributed by atoms with Crippen LogP contribution in [0.4, 0.5) is 0 Å². The van der Waals surface area contributed by atoms with Gasteiger partial charge in [0.25, 0.3) is 5.56 Å². The van der Waals surface area contributed by atoms with Gasteiger partial charge >= 0.3 is 0 Å². The average Bonchev–Trinajstić information content (AvgIpc) is 3.06. The number of nitrogens with one attached hydrogen (secondary N) is 1. The molecule has 0 atom stereocenters. The molecule has 24 heavy (non-hydrogen) atoms. The molecule has 1 aromatic carbocycles. The summed E-state index contributed by atoms with van der Waals surface area (Å²) in [7, 11) is -2.32. The summed E-state index contributed by atoms with van der Waals surface area (Å²) in [5.74, 6) is 0.263. The lowest BCUT2D eigenvalue weighted by atomic mass is 10.3. The molecule has 0 fully saturated rings. The lowest BCUT2D eigenvalue weighted by Crippen LogP contribution is -2.30. The highest BCUT2D eigenvalue weighted by Crippen LogP contribution is 2.22. The predicted molar refractivity (Wildman–Crippen MR) is 88.7 cm³/mol. The maximum Gasteiger partial charge on any atom is 0.294 e. The van der Waals surface area contributed by atoms with Crippen molar-refractivity contribution in [3.8, 4) is 5.75 Å². The smallest absolute Gasteiger partial charge is 0.294 e. The molecule has 0 bridgehead atoms. The van der Waals surface area contributed by atoms with Crippen molar-refractivity contribution in [1.29, 1.82) is 0 Å². The fourth-order valence-electron chi connectivity index (χ4n) is 2.39. The molecular weight excluding hydrogens is 332 g/mol. The molecule has 0 amide bonds. The van der Waals surface area contributed by atoms with Crippen molar-refractivity contribution >= 4 is 21.0 Å². The maximum atomic E-state index is 12.4. The highest BCUT2D eigenvalue weighted by Gasteiger charge is 2.18. The molecule has 0 aliphatic rings. The molecule has 7 nitrogen and oxygen atoms in total. The number of nitrogens with zero attached hydrogens (tertiary/aromatic N) is 1. The SMILES string of the molecule is COc1ccccc1S(=O)(=O)NCCn1ccc2ccoc2c1=O. The van der Waals surface area contributed by atoms with Gasteiger partial charge in [-0.3, -0.25) is 4.79 Å². The van der Waals surface area contributed by atoms with Crippen LogP contribution in [0.2, 0.25) is 0 Å². The summed E-state index contributed by atoms with van der Waals surface area (Å²) in [6.45, 7) is 0.246. The second-order valence-corrected chi connectivity index (χ2v) is 6.80. The van der Waals surface area contributed by atoms with Gasteiger partial charge in [-0.15, -0.1) is 0 Å². The van der Waals surface area contributed by atoms with E-state index in [1.165, 1.54) is 24.0 Å². The average molecular weight is 348 g/mol. The first-order valence-electron chi connectivity index (χ1n) is 7.22. The summed E-state index contributed by atoms with van der Waals surface area (Å²) >= 11 is 0. The van der Waals surface area contributed by atoms with Crippen LogP contribution in [0.3, 0.4) is 0 Å². The van der Waals surface area contributed by atoms with Crippen LogP contribution in [0.15, 0.2) is 63.0 Å². The number of sulfonamides is 1. The fraction of sp³-hybridized carbons (Fsp3) is 0.188. The van der Waals surface area contributed by atoms with Crippen LogP contribution in [0.1, 0.15) is 0 Å². The number of para-hydroxylation sites is 1.